The van der Waals surface area contributed by atoms with Crippen LogP contribution in [-0.2, 0) is 0 Å². The van der Waals surface area contributed by atoms with E-state index >= 15 is 0 Å². The van der Waals surface area contributed by atoms with Crippen molar-refractivity contribution >= 4 is 23.2 Å². The second-order valence-corrected chi connectivity index (χ2v) is 5.15. The Hall–Kier alpha value is -1.22. The molecule has 0 saturated heterocycles. The van der Waals surface area contributed by atoms with E-state index in [1.165, 1.54) is 0 Å². The Morgan fingerprint density at radius 2 is 1.79 bits per heavy atom. The average molecular weight is 283 g/mol. The third-order valence-electron chi connectivity index (χ3n) is 3.05. The zero-order valence-corrected chi connectivity index (χ0v) is 12.8. The van der Waals surface area contributed by atoms with E-state index in [0.29, 0.717) is 12.4 Å². The van der Waals surface area contributed by atoms with Crippen LogP contribution < -0.4 is 4.90 Å². The van der Waals surface area contributed by atoms with Gasteiger partial charge in [0.25, 0.3) is 5.91 Å². The van der Waals surface area contributed by atoms with Crippen LogP contribution in [0, 0.1) is 0 Å². The summed E-state index contributed by atoms with van der Waals surface area (Å²) in [5.41, 5.74) is 1.82. The number of unbranched alkanes of at least 4 members (excludes halogenated alkanes) is 1. The molecule has 0 atom stereocenters. The predicted octanol–water partition coefficient (Wildman–Crippen LogP) is 3.23. The van der Waals surface area contributed by atoms with Crippen LogP contribution in [0.5, 0.6) is 0 Å². The standard InChI is InChI=1S/C15H23ClN2O/c1-4-5-11-18(12-10-16)15(19)13-6-8-14(9-7-13)17(2)3/h6-9H,4-5,10-12H2,1-3H3. The largest absolute Gasteiger partial charge is 0.378 e. The van der Waals surface area contributed by atoms with E-state index in [1.54, 1.807) is 0 Å². The third kappa shape index (κ3) is 4.75. The van der Waals surface area contributed by atoms with Gasteiger partial charge in [-0.3, -0.25) is 4.79 Å². The van der Waals surface area contributed by atoms with Gasteiger partial charge in [0, 0.05) is 44.3 Å². The Morgan fingerprint density at radius 1 is 1.16 bits per heavy atom. The summed E-state index contributed by atoms with van der Waals surface area (Å²) >= 11 is 5.77. The number of rotatable bonds is 7. The van der Waals surface area contributed by atoms with Gasteiger partial charge in [-0.05, 0) is 30.7 Å². The summed E-state index contributed by atoms with van der Waals surface area (Å²) < 4.78 is 0. The van der Waals surface area contributed by atoms with Crippen molar-refractivity contribution in [3.05, 3.63) is 29.8 Å². The molecule has 0 aliphatic heterocycles. The van der Waals surface area contributed by atoms with Crippen LogP contribution >= 0.6 is 11.6 Å². The van der Waals surface area contributed by atoms with Gasteiger partial charge in [-0.1, -0.05) is 13.3 Å². The lowest BCUT2D eigenvalue weighted by Crippen LogP contribution is -2.33. The number of nitrogens with zero attached hydrogens (tertiary/aromatic N) is 2. The molecule has 0 radical (unpaired) electrons. The van der Waals surface area contributed by atoms with E-state index in [9.17, 15) is 4.79 Å². The molecule has 0 fully saturated rings. The Balaban J connectivity index is 2.77. The fourth-order valence-electron chi connectivity index (χ4n) is 1.85. The van der Waals surface area contributed by atoms with Gasteiger partial charge in [-0.15, -0.1) is 11.6 Å². The Labute approximate surface area is 121 Å². The molecule has 1 aromatic rings. The summed E-state index contributed by atoms with van der Waals surface area (Å²) in [6.07, 6.45) is 2.09. The number of halogens is 1. The molecule has 0 aliphatic carbocycles. The normalized spacial score (nSPS) is 10.3. The highest BCUT2D eigenvalue weighted by Gasteiger charge is 2.14. The van der Waals surface area contributed by atoms with E-state index in [1.807, 2.05) is 48.2 Å². The predicted molar refractivity (Wildman–Crippen MR) is 82.3 cm³/mol. The average Bonchev–Trinajstić information content (AvgIpc) is 2.42. The van der Waals surface area contributed by atoms with Crippen molar-refractivity contribution in [3.8, 4) is 0 Å². The molecule has 1 aromatic carbocycles. The van der Waals surface area contributed by atoms with Gasteiger partial charge in [0.15, 0.2) is 0 Å². The summed E-state index contributed by atoms with van der Waals surface area (Å²) in [5, 5.41) is 0. The van der Waals surface area contributed by atoms with Crippen LogP contribution in [0.15, 0.2) is 24.3 Å². The second-order valence-electron chi connectivity index (χ2n) is 4.78. The van der Waals surface area contributed by atoms with Crippen molar-refractivity contribution in [3.63, 3.8) is 0 Å². The van der Waals surface area contributed by atoms with Crippen LogP contribution in [0.25, 0.3) is 0 Å². The first-order chi connectivity index (χ1) is 9.10. The summed E-state index contributed by atoms with van der Waals surface area (Å²) in [6, 6.07) is 7.69. The van der Waals surface area contributed by atoms with E-state index in [2.05, 4.69) is 6.92 Å². The third-order valence-corrected chi connectivity index (χ3v) is 3.22. The molecule has 1 rings (SSSR count). The molecule has 0 unspecified atom stereocenters. The van der Waals surface area contributed by atoms with E-state index < -0.39 is 0 Å². The number of benzene rings is 1. The zero-order chi connectivity index (χ0) is 14.3. The summed E-state index contributed by atoms with van der Waals surface area (Å²) in [7, 11) is 3.97. The second kappa shape index (κ2) is 8.05. The number of hydrogen-bond donors (Lipinski definition) is 0. The fraction of sp³-hybridized carbons (Fsp3) is 0.533. The smallest absolute Gasteiger partial charge is 0.253 e. The molecule has 1 amide bonds. The molecule has 0 spiro atoms. The van der Waals surface area contributed by atoms with Gasteiger partial charge in [0.1, 0.15) is 0 Å². The SMILES string of the molecule is CCCCN(CCCl)C(=O)c1ccc(N(C)C)cc1. The maximum atomic E-state index is 12.4. The number of anilines is 1. The molecule has 0 aromatic heterocycles. The summed E-state index contributed by atoms with van der Waals surface area (Å²) in [4.78, 5) is 16.2. The van der Waals surface area contributed by atoms with Crippen molar-refractivity contribution in [2.75, 3.05) is 38.0 Å². The summed E-state index contributed by atoms with van der Waals surface area (Å²) in [5.74, 6) is 0.546. The van der Waals surface area contributed by atoms with Gasteiger partial charge in [0.2, 0.25) is 0 Å². The molecule has 3 nitrogen and oxygen atoms in total. The number of carbonyl (C=O) groups excluding carboxylic acids is 1. The summed E-state index contributed by atoms with van der Waals surface area (Å²) in [6.45, 7) is 3.50. The number of hydrogen-bond acceptors (Lipinski definition) is 2. The quantitative estimate of drug-likeness (QED) is 0.717. The molecule has 0 aliphatic rings. The number of carbonyl (C=O) groups is 1. The van der Waals surface area contributed by atoms with Crippen LogP contribution in [0.1, 0.15) is 30.1 Å². The molecule has 19 heavy (non-hydrogen) atoms. The molecular formula is C15H23ClN2O. The maximum absolute atomic E-state index is 12.4. The Bertz CT molecular complexity index is 390. The van der Waals surface area contributed by atoms with Crippen LogP contribution in [0.2, 0.25) is 0 Å². The van der Waals surface area contributed by atoms with Gasteiger partial charge in [-0.2, -0.15) is 0 Å². The Kier molecular flexibility index (Phi) is 6.71. The molecule has 0 N–H and O–H groups in total. The minimum absolute atomic E-state index is 0.0689. The monoisotopic (exact) mass is 282 g/mol. The Morgan fingerprint density at radius 3 is 2.26 bits per heavy atom. The molecule has 0 saturated carbocycles. The first kappa shape index (κ1) is 15.8. The highest BCUT2D eigenvalue weighted by Crippen LogP contribution is 2.14. The molecule has 0 bridgehead atoms. The molecular weight excluding hydrogens is 260 g/mol. The minimum Gasteiger partial charge on any atom is -0.378 e. The van der Waals surface area contributed by atoms with Crippen molar-refractivity contribution in [1.82, 2.24) is 4.90 Å². The lowest BCUT2D eigenvalue weighted by molar-refractivity contribution is 0.0763. The molecule has 106 valence electrons. The zero-order valence-electron chi connectivity index (χ0n) is 12.0. The lowest BCUT2D eigenvalue weighted by atomic mass is 10.1. The lowest BCUT2D eigenvalue weighted by Gasteiger charge is -2.22. The number of alkyl halides is 1. The van der Waals surface area contributed by atoms with Crippen LogP contribution in [-0.4, -0.2) is 43.9 Å². The van der Waals surface area contributed by atoms with Gasteiger partial charge in [-0.25, -0.2) is 0 Å². The maximum Gasteiger partial charge on any atom is 0.253 e. The first-order valence-corrected chi connectivity index (χ1v) is 7.26. The van der Waals surface area contributed by atoms with Crippen LogP contribution in [0.4, 0.5) is 5.69 Å². The van der Waals surface area contributed by atoms with E-state index in [4.69, 9.17) is 11.6 Å². The first-order valence-electron chi connectivity index (χ1n) is 6.72. The topological polar surface area (TPSA) is 23.6 Å². The fourth-order valence-corrected chi connectivity index (χ4v) is 2.05. The highest BCUT2D eigenvalue weighted by molar-refractivity contribution is 6.18. The minimum atomic E-state index is 0.0689. The van der Waals surface area contributed by atoms with Gasteiger partial charge in [0.05, 0.1) is 0 Å². The van der Waals surface area contributed by atoms with Gasteiger partial charge >= 0.3 is 0 Å². The van der Waals surface area contributed by atoms with Crippen molar-refractivity contribution in [1.29, 1.82) is 0 Å². The van der Waals surface area contributed by atoms with Crippen molar-refractivity contribution in [2.45, 2.75) is 19.8 Å². The van der Waals surface area contributed by atoms with Gasteiger partial charge < -0.3 is 9.80 Å². The van der Waals surface area contributed by atoms with Crippen LogP contribution in [0.3, 0.4) is 0 Å². The van der Waals surface area contributed by atoms with E-state index in [0.717, 1.165) is 30.6 Å². The van der Waals surface area contributed by atoms with E-state index in [-0.39, 0.29) is 5.91 Å². The van der Waals surface area contributed by atoms with Crippen molar-refractivity contribution < 1.29 is 4.79 Å². The van der Waals surface area contributed by atoms with Crippen molar-refractivity contribution in [2.24, 2.45) is 0 Å². The number of amides is 1. The molecule has 0 heterocycles. The highest BCUT2D eigenvalue weighted by atomic mass is 35.5. The molecule has 4 heteroatoms.